The maximum atomic E-state index is 13.7. The van der Waals surface area contributed by atoms with E-state index in [2.05, 4.69) is 21.2 Å². The number of anilines is 1. The lowest BCUT2D eigenvalue weighted by Gasteiger charge is -2.31. The number of amides is 2. The number of halogens is 1. The maximum absolute atomic E-state index is 13.7. The molecule has 7 nitrogen and oxygen atoms in total. The third-order valence-electron chi connectivity index (χ3n) is 5.90. The van der Waals surface area contributed by atoms with Crippen molar-refractivity contribution < 1.29 is 18.0 Å². The molecule has 0 radical (unpaired) electrons. The summed E-state index contributed by atoms with van der Waals surface area (Å²) in [5, 5.41) is 2.58. The third kappa shape index (κ3) is 6.73. The van der Waals surface area contributed by atoms with Gasteiger partial charge in [0, 0.05) is 18.1 Å². The van der Waals surface area contributed by atoms with Gasteiger partial charge in [0.15, 0.2) is 0 Å². The second-order valence-corrected chi connectivity index (χ2v) is 11.2. The van der Waals surface area contributed by atoms with E-state index in [4.69, 9.17) is 0 Å². The lowest BCUT2D eigenvalue weighted by atomic mass is 10.1. The Hall–Kier alpha value is -3.17. The molecule has 0 bridgehead atoms. The van der Waals surface area contributed by atoms with Crippen LogP contribution in [-0.2, 0) is 26.0 Å². The molecule has 1 atom stereocenters. The minimum atomic E-state index is -4.06. The number of benzene rings is 3. The Bertz CT molecular complexity index is 1280. The van der Waals surface area contributed by atoms with Crippen LogP contribution in [-0.4, -0.2) is 51.3 Å². The van der Waals surface area contributed by atoms with Crippen molar-refractivity contribution in [3.05, 3.63) is 94.5 Å². The van der Waals surface area contributed by atoms with Gasteiger partial charge in [-0.15, -0.1) is 0 Å². The summed E-state index contributed by atoms with van der Waals surface area (Å²) >= 11 is 3.37. The largest absolute Gasteiger partial charge is 0.357 e. The maximum Gasteiger partial charge on any atom is 0.264 e. The molecule has 2 amide bonds. The third-order valence-corrected chi connectivity index (χ3v) is 8.22. The summed E-state index contributed by atoms with van der Waals surface area (Å²) in [5.74, 6) is -0.798. The normalized spacial score (nSPS) is 12.0. The van der Waals surface area contributed by atoms with Crippen LogP contribution in [0.3, 0.4) is 0 Å². The van der Waals surface area contributed by atoms with Crippen molar-refractivity contribution in [3.63, 3.8) is 0 Å². The zero-order valence-corrected chi connectivity index (χ0v) is 22.9. The summed E-state index contributed by atoms with van der Waals surface area (Å²) in [5.41, 5.74) is 2.28. The molecular formula is C27H30BrN3O4S. The van der Waals surface area contributed by atoms with E-state index in [1.807, 2.05) is 37.3 Å². The number of nitrogens with one attached hydrogen (secondary N) is 1. The Kier molecular flexibility index (Phi) is 9.28. The van der Waals surface area contributed by atoms with Crippen LogP contribution in [0.5, 0.6) is 0 Å². The predicted molar refractivity (Wildman–Crippen MR) is 145 cm³/mol. The monoisotopic (exact) mass is 571 g/mol. The molecule has 0 spiro atoms. The number of nitrogens with zero attached hydrogens (tertiary/aromatic N) is 2. The molecule has 190 valence electrons. The number of sulfonamides is 1. The van der Waals surface area contributed by atoms with Gasteiger partial charge in [-0.05, 0) is 62.2 Å². The van der Waals surface area contributed by atoms with Gasteiger partial charge < -0.3 is 10.2 Å². The smallest absolute Gasteiger partial charge is 0.264 e. The van der Waals surface area contributed by atoms with E-state index >= 15 is 0 Å². The molecule has 0 aliphatic carbocycles. The Morgan fingerprint density at radius 2 is 1.56 bits per heavy atom. The summed E-state index contributed by atoms with van der Waals surface area (Å²) in [6, 6.07) is 22.1. The quantitative estimate of drug-likeness (QED) is 0.396. The van der Waals surface area contributed by atoms with Crippen LogP contribution in [0.25, 0.3) is 0 Å². The van der Waals surface area contributed by atoms with Gasteiger partial charge >= 0.3 is 0 Å². The minimum Gasteiger partial charge on any atom is -0.357 e. The highest BCUT2D eigenvalue weighted by molar-refractivity contribution is 9.10. The van der Waals surface area contributed by atoms with Gasteiger partial charge in [-0.1, -0.05) is 64.0 Å². The van der Waals surface area contributed by atoms with E-state index in [-0.39, 0.29) is 17.3 Å². The van der Waals surface area contributed by atoms with Gasteiger partial charge in [-0.3, -0.25) is 13.9 Å². The number of carbonyl (C=O) groups excluding carboxylic acids is 2. The molecule has 9 heteroatoms. The Balaban J connectivity index is 1.96. The highest BCUT2D eigenvalue weighted by Gasteiger charge is 2.32. The molecule has 0 saturated carbocycles. The van der Waals surface area contributed by atoms with Crippen LogP contribution >= 0.6 is 15.9 Å². The number of carbonyl (C=O) groups is 2. The zero-order chi connectivity index (χ0) is 26.3. The molecule has 0 unspecified atom stereocenters. The van der Waals surface area contributed by atoms with Crippen LogP contribution in [0.1, 0.15) is 18.1 Å². The van der Waals surface area contributed by atoms with Crippen LogP contribution in [0.2, 0.25) is 0 Å². The van der Waals surface area contributed by atoms with Gasteiger partial charge in [-0.2, -0.15) is 0 Å². The first-order chi connectivity index (χ1) is 17.1. The van der Waals surface area contributed by atoms with Crippen LogP contribution in [0, 0.1) is 6.92 Å². The number of hydrogen-bond donors (Lipinski definition) is 1. The molecule has 3 rings (SSSR count). The molecule has 0 aliphatic rings. The molecule has 0 aromatic heterocycles. The van der Waals surface area contributed by atoms with Crippen molar-refractivity contribution in [3.8, 4) is 0 Å². The van der Waals surface area contributed by atoms with Gasteiger partial charge in [-0.25, -0.2) is 8.42 Å². The number of aryl methyl sites for hydroxylation is 1. The van der Waals surface area contributed by atoms with E-state index in [0.717, 1.165) is 19.9 Å². The lowest BCUT2D eigenvalue weighted by Crippen LogP contribution is -2.51. The van der Waals surface area contributed by atoms with Crippen molar-refractivity contribution in [2.75, 3.05) is 24.4 Å². The molecule has 3 aromatic rings. The first kappa shape index (κ1) is 27.4. The Labute approximate surface area is 221 Å². The van der Waals surface area contributed by atoms with Crippen LogP contribution < -0.4 is 9.62 Å². The van der Waals surface area contributed by atoms with Crippen molar-refractivity contribution in [1.29, 1.82) is 0 Å². The summed E-state index contributed by atoms with van der Waals surface area (Å²) in [4.78, 5) is 27.6. The number of hydrogen-bond acceptors (Lipinski definition) is 4. The highest BCUT2D eigenvalue weighted by atomic mass is 79.9. The zero-order valence-electron chi connectivity index (χ0n) is 20.5. The fourth-order valence-corrected chi connectivity index (χ4v) is 5.43. The van der Waals surface area contributed by atoms with Crippen LogP contribution in [0.4, 0.5) is 5.69 Å². The minimum absolute atomic E-state index is 0.0824. The molecule has 0 heterocycles. The summed E-state index contributed by atoms with van der Waals surface area (Å²) in [6.07, 6.45) is 0.525. The highest BCUT2D eigenvalue weighted by Crippen LogP contribution is 2.26. The van der Waals surface area contributed by atoms with Crippen molar-refractivity contribution in [2.24, 2.45) is 0 Å². The molecule has 1 N–H and O–H groups in total. The molecule has 0 fully saturated rings. The van der Waals surface area contributed by atoms with Crippen molar-refractivity contribution >= 4 is 43.5 Å². The topological polar surface area (TPSA) is 86.8 Å². The molecule has 36 heavy (non-hydrogen) atoms. The van der Waals surface area contributed by atoms with Crippen molar-refractivity contribution in [2.45, 2.75) is 31.2 Å². The molecular weight excluding hydrogens is 542 g/mol. The molecule has 0 saturated heterocycles. The van der Waals surface area contributed by atoms with Gasteiger partial charge in [0.1, 0.15) is 12.6 Å². The van der Waals surface area contributed by atoms with E-state index in [1.165, 1.54) is 24.1 Å². The first-order valence-electron chi connectivity index (χ1n) is 11.5. The number of likely N-dealkylation sites (N-methyl/N-ethyl adjacent to an activating group) is 1. The van der Waals surface area contributed by atoms with E-state index in [1.54, 1.807) is 43.3 Å². The molecule has 3 aromatic carbocycles. The average Bonchev–Trinajstić information content (AvgIpc) is 2.88. The summed E-state index contributed by atoms with van der Waals surface area (Å²) in [6.45, 7) is 3.32. The summed E-state index contributed by atoms with van der Waals surface area (Å²) in [7, 11) is -2.55. The fraction of sp³-hybridized carbons (Fsp3) is 0.259. The summed E-state index contributed by atoms with van der Waals surface area (Å²) < 4.78 is 29.3. The molecule has 0 aliphatic heterocycles. The average molecular weight is 573 g/mol. The standard InChI is InChI=1S/C27H30BrN3O4S/c1-20-9-15-25(16-10-20)36(34,35)31(24-13-11-23(28)12-14-24)19-26(32)30(21(2)27(33)29-3)18-17-22-7-5-4-6-8-22/h4-16,21H,17-19H2,1-3H3,(H,29,33)/t21-/m1/s1. The lowest BCUT2D eigenvalue weighted by molar-refractivity contribution is -0.138. The van der Waals surface area contributed by atoms with E-state index < -0.39 is 28.5 Å². The fourth-order valence-electron chi connectivity index (χ4n) is 3.75. The Morgan fingerprint density at radius 1 is 0.944 bits per heavy atom. The first-order valence-corrected chi connectivity index (χ1v) is 13.8. The Morgan fingerprint density at radius 3 is 2.14 bits per heavy atom. The van der Waals surface area contributed by atoms with Gasteiger partial charge in [0.05, 0.1) is 10.6 Å². The predicted octanol–water partition coefficient (Wildman–Crippen LogP) is 4.16. The van der Waals surface area contributed by atoms with E-state index in [0.29, 0.717) is 12.1 Å². The van der Waals surface area contributed by atoms with Gasteiger partial charge in [0.25, 0.3) is 10.0 Å². The van der Waals surface area contributed by atoms with Crippen LogP contribution in [0.15, 0.2) is 88.2 Å². The van der Waals surface area contributed by atoms with E-state index in [9.17, 15) is 18.0 Å². The number of rotatable bonds is 10. The SMILES string of the molecule is CNC(=O)[C@@H](C)N(CCc1ccccc1)C(=O)CN(c1ccc(Br)cc1)S(=O)(=O)c1ccc(C)cc1. The second kappa shape index (κ2) is 12.2. The second-order valence-electron chi connectivity index (χ2n) is 8.41. The van der Waals surface area contributed by atoms with Crippen molar-refractivity contribution in [1.82, 2.24) is 10.2 Å². The van der Waals surface area contributed by atoms with Gasteiger partial charge in [0.2, 0.25) is 11.8 Å².